The largest absolute Gasteiger partial charge is 0.383 e. The van der Waals surface area contributed by atoms with Gasteiger partial charge in [0, 0.05) is 31.1 Å². The minimum atomic E-state index is -0.280. The molecular formula is C19H18FN3O. The van der Waals surface area contributed by atoms with Gasteiger partial charge in [0.2, 0.25) is 5.91 Å². The molecule has 24 heavy (non-hydrogen) atoms. The highest BCUT2D eigenvalue weighted by Gasteiger charge is 2.04. The van der Waals surface area contributed by atoms with Crippen LogP contribution in [0.4, 0.5) is 10.1 Å². The Hall–Kier alpha value is -2.95. The molecule has 2 aromatic carbocycles. The second-order valence-electron chi connectivity index (χ2n) is 5.46. The van der Waals surface area contributed by atoms with Crippen LogP contribution in [0.5, 0.6) is 0 Å². The van der Waals surface area contributed by atoms with E-state index >= 15 is 0 Å². The van der Waals surface area contributed by atoms with Crippen LogP contribution < -0.4 is 10.6 Å². The predicted molar refractivity (Wildman–Crippen MR) is 93.1 cm³/mol. The van der Waals surface area contributed by atoms with Crippen LogP contribution in [0.3, 0.4) is 0 Å². The third-order valence-corrected chi connectivity index (χ3v) is 3.70. The zero-order chi connectivity index (χ0) is 16.8. The van der Waals surface area contributed by atoms with E-state index in [-0.39, 0.29) is 11.7 Å². The third kappa shape index (κ3) is 4.07. The SMILES string of the molecule is O=C(CCNc1cccc2cccnc12)NCc1ccc(F)cc1. The standard InChI is InChI=1S/C19H18FN3O/c20-16-8-6-14(7-9-16)13-23-18(24)10-12-21-17-5-1-3-15-4-2-11-22-19(15)17/h1-9,11,21H,10,12-13H2,(H,23,24). The number of anilines is 1. The first kappa shape index (κ1) is 15.9. The summed E-state index contributed by atoms with van der Waals surface area (Å²) in [4.78, 5) is 16.3. The van der Waals surface area contributed by atoms with Gasteiger partial charge < -0.3 is 10.6 Å². The lowest BCUT2D eigenvalue weighted by Crippen LogP contribution is -2.24. The molecule has 5 heteroatoms. The third-order valence-electron chi connectivity index (χ3n) is 3.70. The van der Waals surface area contributed by atoms with Crippen molar-refractivity contribution < 1.29 is 9.18 Å². The average molecular weight is 323 g/mol. The molecule has 0 aliphatic heterocycles. The summed E-state index contributed by atoms with van der Waals surface area (Å²) in [6, 6.07) is 15.9. The molecule has 0 fully saturated rings. The molecule has 0 unspecified atom stereocenters. The Labute approximate surface area is 139 Å². The molecule has 3 rings (SSSR count). The number of benzene rings is 2. The van der Waals surface area contributed by atoms with E-state index in [0.29, 0.717) is 19.5 Å². The number of pyridine rings is 1. The highest BCUT2D eigenvalue weighted by molar-refractivity contribution is 5.90. The number of fused-ring (bicyclic) bond motifs is 1. The molecule has 0 atom stereocenters. The first-order valence-electron chi connectivity index (χ1n) is 7.81. The number of amides is 1. The van der Waals surface area contributed by atoms with Crippen LogP contribution in [-0.2, 0) is 11.3 Å². The second-order valence-corrected chi connectivity index (χ2v) is 5.46. The fraction of sp³-hybridized carbons (Fsp3) is 0.158. The van der Waals surface area contributed by atoms with Crippen LogP contribution in [0.1, 0.15) is 12.0 Å². The molecule has 0 aliphatic rings. The maximum absolute atomic E-state index is 12.8. The lowest BCUT2D eigenvalue weighted by atomic mass is 10.2. The number of hydrogen-bond donors (Lipinski definition) is 2. The van der Waals surface area contributed by atoms with Crippen molar-refractivity contribution in [2.24, 2.45) is 0 Å². The summed E-state index contributed by atoms with van der Waals surface area (Å²) in [5.41, 5.74) is 2.68. The van der Waals surface area contributed by atoms with E-state index in [4.69, 9.17) is 0 Å². The van der Waals surface area contributed by atoms with Crippen LogP contribution in [0.15, 0.2) is 60.8 Å². The lowest BCUT2D eigenvalue weighted by molar-refractivity contribution is -0.121. The van der Waals surface area contributed by atoms with Gasteiger partial charge in [-0.05, 0) is 29.8 Å². The number of para-hydroxylation sites is 1. The number of nitrogens with zero attached hydrogens (tertiary/aromatic N) is 1. The Morgan fingerprint density at radius 3 is 2.67 bits per heavy atom. The Kier molecular flexibility index (Phi) is 5.01. The summed E-state index contributed by atoms with van der Waals surface area (Å²) in [7, 11) is 0. The van der Waals surface area contributed by atoms with Gasteiger partial charge in [0.25, 0.3) is 0 Å². The number of hydrogen-bond acceptors (Lipinski definition) is 3. The van der Waals surface area contributed by atoms with Gasteiger partial charge >= 0.3 is 0 Å². The van der Waals surface area contributed by atoms with Gasteiger partial charge in [-0.3, -0.25) is 9.78 Å². The number of halogens is 1. The van der Waals surface area contributed by atoms with E-state index in [1.165, 1.54) is 12.1 Å². The smallest absolute Gasteiger partial charge is 0.222 e. The Bertz CT molecular complexity index is 828. The molecule has 0 saturated carbocycles. The Morgan fingerprint density at radius 2 is 1.83 bits per heavy atom. The summed E-state index contributed by atoms with van der Waals surface area (Å²) >= 11 is 0. The first-order valence-corrected chi connectivity index (χ1v) is 7.81. The molecule has 0 spiro atoms. The van der Waals surface area contributed by atoms with Gasteiger partial charge in [0.1, 0.15) is 5.82 Å². The van der Waals surface area contributed by atoms with E-state index in [1.54, 1.807) is 18.3 Å². The maximum Gasteiger partial charge on any atom is 0.222 e. The minimum Gasteiger partial charge on any atom is -0.383 e. The van der Waals surface area contributed by atoms with E-state index in [2.05, 4.69) is 15.6 Å². The molecule has 0 aliphatic carbocycles. The van der Waals surface area contributed by atoms with Gasteiger partial charge in [-0.15, -0.1) is 0 Å². The van der Waals surface area contributed by atoms with Crippen molar-refractivity contribution in [3.63, 3.8) is 0 Å². The zero-order valence-electron chi connectivity index (χ0n) is 13.1. The fourth-order valence-electron chi connectivity index (χ4n) is 2.45. The highest BCUT2D eigenvalue weighted by atomic mass is 19.1. The van der Waals surface area contributed by atoms with Gasteiger partial charge in [0.15, 0.2) is 0 Å². The van der Waals surface area contributed by atoms with Crippen molar-refractivity contribution in [2.45, 2.75) is 13.0 Å². The Balaban J connectivity index is 1.48. The van der Waals surface area contributed by atoms with Gasteiger partial charge in [-0.2, -0.15) is 0 Å². The lowest BCUT2D eigenvalue weighted by Gasteiger charge is -2.09. The van der Waals surface area contributed by atoms with E-state index in [0.717, 1.165) is 22.2 Å². The van der Waals surface area contributed by atoms with E-state index in [1.807, 2.05) is 30.3 Å². The Morgan fingerprint density at radius 1 is 1.04 bits per heavy atom. The van der Waals surface area contributed by atoms with Crippen LogP contribution in [0.25, 0.3) is 10.9 Å². The number of nitrogens with one attached hydrogen (secondary N) is 2. The molecule has 1 heterocycles. The first-order chi connectivity index (χ1) is 11.7. The normalized spacial score (nSPS) is 10.5. The van der Waals surface area contributed by atoms with Crippen molar-refractivity contribution >= 4 is 22.5 Å². The van der Waals surface area contributed by atoms with Crippen molar-refractivity contribution in [1.29, 1.82) is 0 Å². The molecule has 3 aromatic rings. The van der Waals surface area contributed by atoms with Gasteiger partial charge in [-0.1, -0.05) is 30.3 Å². The number of aromatic nitrogens is 1. The molecule has 0 saturated heterocycles. The second kappa shape index (κ2) is 7.55. The van der Waals surface area contributed by atoms with Crippen LogP contribution in [-0.4, -0.2) is 17.4 Å². The number of rotatable bonds is 6. The van der Waals surface area contributed by atoms with Crippen molar-refractivity contribution in [2.75, 3.05) is 11.9 Å². The fourth-order valence-corrected chi connectivity index (χ4v) is 2.45. The van der Waals surface area contributed by atoms with Crippen molar-refractivity contribution in [1.82, 2.24) is 10.3 Å². The average Bonchev–Trinajstić information content (AvgIpc) is 2.61. The van der Waals surface area contributed by atoms with Crippen LogP contribution in [0, 0.1) is 5.82 Å². The number of carbonyl (C=O) groups excluding carboxylic acids is 1. The molecular weight excluding hydrogens is 305 g/mol. The summed E-state index contributed by atoms with van der Waals surface area (Å²) in [6.45, 7) is 0.917. The summed E-state index contributed by atoms with van der Waals surface area (Å²) < 4.78 is 12.8. The highest BCUT2D eigenvalue weighted by Crippen LogP contribution is 2.20. The van der Waals surface area contributed by atoms with E-state index < -0.39 is 0 Å². The van der Waals surface area contributed by atoms with Crippen molar-refractivity contribution in [3.8, 4) is 0 Å². The molecule has 0 radical (unpaired) electrons. The van der Waals surface area contributed by atoms with Crippen LogP contribution in [0.2, 0.25) is 0 Å². The van der Waals surface area contributed by atoms with Gasteiger partial charge in [0.05, 0.1) is 11.2 Å². The van der Waals surface area contributed by atoms with Crippen molar-refractivity contribution in [3.05, 3.63) is 72.2 Å². The molecule has 0 bridgehead atoms. The van der Waals surface area contributed by atoms with Crippen LogP contribution >= 0.6 is 0 Å². The monoisotopic (exact) mass is 323 g/mol. The summed E-state index contributed by atoms with van der Waals surface area (Å²) in [5.74, 6) is -0.335. The summed E-state index contributed by atoms with van der Waals surface area (Å²) in [6.07, 6.45) is 2.10. The zero-order valence-corrected chi connectivity index (χ0v) is 13.1. The van der Waals surface area contributed by atoms with E-state index in [9.17, 15) is 9.18 Å². The minimum absolute atomic E-state index is 0.0555. The van der Waals surface area contributed by atoms with Gasteiger partial charge in [-0.25, -0.2) is 4.39 Å². The molecule has 4 nitrogen and oxygen atoms in total. The molecule has 122 valence electrons. The molecule has 1 amide bonds. The quantitative estimate of drug-likeness (QED) is 0.730. The topological polar surface area (TPSA) is 54.0 Å². The predicted octanol–water partition coefficient (Wildman–Crippen LogP) is 3.49. The maximum atomic E-state index is 12.8. The molecule has 2 N–H and O–H groups in total. The summed E-state index contributed by atoms with van der Waals surface area (Å²) in [5, 5.41) is 7.13. The molecule has 1 aromatic heterocycles. The number of carbonyl (C=O) groups is 1.